The van der Waals surface area contributed by atoms with Crippen LogP contribution in [0, 0.1) is 23.7 Å². The predicted octanol–water partition coefficient (Wildman–Crippen LogP) is 2.24. The molecule has 0 saturated heterocycles. The van der Waals surface area contributed by atoms with Crippen molar-refractivity contribution in [1.29, 1.82) is 0 Å². The molecule has 5 saturated carbocycles. The Balaban J connectivity index is 1.31. The number of aromatic amines is 1. The second-order valence-corrected chi connectivity index (χ2v) is 7.75. The summed E-state index contributed by atoms with van der Waals surface area (Å²) in [4.78, 5) is 16.8. The number of H-pyrrole nitrogens is 1. The number of hydrogen-bond acceptors (Lipinski definition) is 3. The molecular formula is C16H22N4O. The van der Waals surface area contributed by atoms with Crippen LogP contribution >= 0.6 is 0 Å². The molecule has 1 aromatic heterocycles. The normalized spacial score (nSPS) is 40.5. The van der Waals surface area contributed by atoms with Crippen molar-refractivity contribution >= 4 is 5.91 Å². The van der Waals surface area contributed by atoms with Crippen LogP contribution in [0.1, 0.15) is 67.3 Å². The van der Waals surface area contributed by atoms with Gasteiger partial charge in [0.25, 0.3) is 5.91 Å². The summed E-state index contributed by atoms with van der Waals surface area (Å²) in [5, 5.41) is 10.3. The number of aromatic nitrogens is 3. The molecule has 6 rings (SSSR count). The molecule has 0 radical (unpaired) electrons. The Morgan fingerprint density at radius 2 is 1.71 bits per heavy atom. The molecule has 1 heterocycles. The van der Waals surface area contributed by atoms with Gasteiger partial charge in [0.1, 0.15) is 5.82 Å². The van der Waals surface area contributed by atoms with E-state index in [1.807, 2.05) is 0 Å². The number of carbonyl (C=O) groups is 1. The van der Waals surface area contributed by atoms with E-state index in [0.717, 1.165) is 17.7 Å². The molecule has 5 aliphatic carbocycles. The Hall–Kier alpha value is -1.39. The highest BCUT2D eigenvalue weighted by Gasteiger charge is 2.48. The average molecular weight is 286 g/mol. The monoisotopic (exact) mass is 286 g/mol. The molecule has 0 spiro atoms. The number of nitrogens with zero attached hydrogens (tertiary/aromatic N) is 2. The lowest BCUT2D eigenvalue weighted by atomic mass is 9.54. The van der Waals surface area contributed by atoms with Gasteiger partial charge in [0.15, 0.2) is 0 Å². The highest BCUT2D eigenvalue weighted by atomic mass is 16.2. The van der Waals surface area contributed by atoms with Gasteiger partial charge in [-0.15, -0.1) is 5.10 Å². The number of carbonyl (C=O) groups excluding carboxylic acids is 1. The molecule has 1 amide bonds. The standard InChI is InChI=1S/C16H22N4O/c21-16(15-18-14(19-20-15)10-1-2-10)17-13-11-4-8-3-9(6-11)7-12(13)5-8/h8-13H,1-7H2,(H,17,21)(H,18,19,20). The maximum atomic E-state index is 12.4. The first kappa shape index (κ1) is 12.2. The van der Waals surface area contributed by atoms with Crippen molar-refractivity contribution in [2.45, 2.75) is 56.9 Å². The Kier molecular flexibility index (Phi) is 2.50. The number of hydrogen-bond donors (Lipinski definition) is 2. The molecule has 2 N–H and O–H groups in total. The number of rotatable bonds is 3. The zero-order chi connectivity index (χ0) is 14.0. The first-order valence-electron chi connectivity index (χ1n) is 8.49. The Labute approximate surface area is 124 Å². The van der Waals surface area contributed by atoms with Gasteiger partial charge in [0, 0.05) is 12.0 Å². The molecule has 5 aliphatic rings. The highest BCUT2D eigenvalue weighted by Crippen LogP contribution is 2.53. The van der Waals surface area contributed by atoms with Crippen LogP contribution in [0.5, 0.6) is 0 Å². The van der Waals surface area contributed by atoms with Gasteiger partial charge in [0.05, 0.1) is 0 Å². The molecule has 0 atom stereocenters. The lowest BCUT2D eigenvalue weighted by Gasteiger charge is -2.54. The highest BCUT2D eigenvalue weighted by molar-refractivity contribution is 5.90. The van der Waals surface area contributed by atoms with Crippen molar-refractivity contribution in [3.8, 4) is 0 Å². The third kappa shape index (κ3) is 2.00. The second-order valence-electron chi connectivity index (χ2n) is 7.75. The molecular weight excluding hydrogens is 264 g/mol. The molecule has 5 fully saturated rings. The summed E-state index contributed by atoms with van der Waals surface area (Å²) in [6.07, 6.45) is 9.06. The van der Waals surface area contributed by atoms with Crippen molar-refractivity contribution in [3.63, 3.8) is 0 Å². The van der Waals surface area contributed by atoms with Crippen LogP contribution in [-0.2, 0) is 0 Å². The van der Waals surface area contributed by atoms with E-state index in [1.165, 1.54) is 44.9 Å². The van der Waals surface area contributed by atoms with Gasteiger partial charge in [-0.2, -0.15) is 0 Å². The topological polar surface area (TPSA) is 70.7 Å². The van der Waals surface area contributed by atoms with E-state index in [2.05, 4.69) is 20.5 Å². The molecule has 4 bridgehead atoms. The zero-order valence-corrected chi connectivity index (χ0v) is 12.2. The summed E-state index contributed by atoms with van der Waals surface area (Å²) in [7, 11) is 0. The third-order valence-electron chi connectivity index (χ3n) is 6.19. The van der Waals surface area contributed by atoms with Gasteiger partial charge in [-0.3, -0.25) is 9.89 Å². The summed E-state index contributed by atoms with van der Waals surface area (Å²) < 4.78 is 0. The lowest BCUT2D eigenvalue weighted by molar-refractivity contribution is -0.0120. The van der Waals surface area contributed by atoms with Gasteiger partial charge in [0.2, 0.25) is 5.82 Å². The van der Waals surface area contributed by atoms with Gasteiger partial charge in [-0.05, 0) is 68.6 Å². The van der Waals surface area contributed by atoms with Crippen LogP contribution < -0.4 is 5.32 Å². The minimum atomic E-state index is -0.0735. The maximum absolute atomic E-state index is 12.4. The summed E-state index contributed by atoms with van der Waals surface area (Å²) in [5.74, 6) is 4.95. The molecule has 5 nitrogen and oxygen atoms in total. The second kappa shape index (κ2) is 4.31. The fraction of sp³-hybridized carbons (Fsp3) is 0.812. The molecule has 0 unspecified atom stereocenters. The summed E-state index contributed by atoms with van der Waals surface area (Å²) in [6.45, 7) is 0. The Bertz CT molecular complexity index is 549. The van der Waals surface area contributed by atoms with Crippen LogP contribution in [-0.4, -0.2) is 27.1 Å². The van der Waals surface area contributed by atoms with E-state index in [1.54, 1.807) is 0 Å². The van der Waals surface area contributed by atoms with Gasteiger partial charge in [-0.25, -0.2) is 4.98 Å². The van der Waals surface area contributed by atoms with Crippen LogP contribution in [0.25, 0.3) is 0 Å². The summed E-state index contributed by atoms with van der Waals surface area (Å²) >= 11 is 0. The first-order chi connectivity index (χ1) is 10.3. The SMILES string of the molecule is O=C(NC1C2CC3CC(C2)CC1C3)c1n[nH]c(C2CC2)n1. The van der Waals surface area contributed by atoms with Crippen molar-refractivity contribution in [2.24, 2.45) is 23.7 Å². The molecule has 0 aliphatic heterocycles. The Morgan fingerprint density at radius 1 is 1.05 bits per heavy atom. The van der Waals surface area contributed by atoms with Crippen molar-refractivity contribution in [2.75, 3.05) is 0 Å². The molecule has 21 heavy (non-hydrogen) atoms. The maximum Gasteiger partial charge on any atom is 0.291 e. The summed E-state index contributed by atoms with van der Waals surface area (Å²) in [6, 6.07) is 0.369. The quantitative estimate of drug-likeness (QED) is 0.895. The average Bonchev–Trinajstić information content (AvgIpc) is 3.19. The smallest absolute Gasteiger partial charge is 0.291 e. The minimum Gasteiger partial charge on any atom is -0.346 e. The van der Waals surface area contributed by atoms with E-state index in [-0.39, 0.29) is 5.91 Å². The van der Waals surface area contributed by atoms with Crippen LogP contribution in [0.2, 0.25) is 0 Å². The van der Waals surface area contributed by atoms with Crippen LogP contribution in [0.4, 0.5) is 0 Å². The van der Waals surface area contributed by atoms with Crippen LogP contribution in [0.3, 0.4) is 0 Å². The summed E-state index contributed by atoms with van der Waals surface area (Å²) in [5.41, 5.74) is 0. The predicted molar refractivity (Wildman–Crippen MR) is 76.7 cm³/mol. The molecule has 112 valence electrons. The van der Waals surface area contributed by atoms with Crippen LogP contribution in [0.15, 0.2) is 0 Å². The van der Waals surface area contributed by atoms with E-state index in [0.29, 0.717) is 29.6 Å². The van der Waals surface area contributed by atoms with Gasteiger partial charge < -0.3 is 5.32 Å². The van der Waals surface area contributed by atoms with E-state index in [9.17, 15) is 4.79 Å². The third-order valence-corrected chi connectivity index (χ3v) is 6.19. The zero-order valence-electron chi connectivity index (χ0n) is 12.2. The Morgan fingerprint density at radius 3 is 2.33 bits per heavy atom. The van der Waals surface area contributed by atoms with Crippen molar-refractivity contribution in [1.82, 2.24) is 20.5 Å². The number of amides is 1. The molecule has 1 aromatic rings. The van der Waals surface area contributed by atoms with Crippen molar-refractivity contribution < 1.29 is 4.79 Å². The largest absolute Gasteiger partial charge is 0.346 e. The van der Waals surface area contributed by atoms with E-state index in [4.69, 9.17) is 0 Å². The number of nitrogens with one attached hydrogen (secondary N) is 2. The van der Waals surface area contributed by atoms with Gasteiger partial charge >= 0.3 is 0 Å². The molecule has 5 heteroatoms. The lowest BCUT2D eigenvalue weighted by Crippen LogP contribution is -2.55. The molecule has 0 aromatic carbocycles. The van der Waals surface area contributed by atoms with Gasteiger partial charge in [-0.1, -0.05) is 0 Å². The van der Waals surface area contributed by atoms with E-state index < -0.39 is 0 Å². The fourth-order valence-electron chi connectivity index (χ4n) is 5.29. The minimum absolute atomic E-state index is 0.0735. The fourth-order valence-corrected chi connectivity index (χ4v) is 5.29. The van der Waals surface area contributed by atoms with E-state index >= 15 is 0 Å². The van der Waals surface area contributed by atoms with Crippen molar-refractivity contribution in [3.05, 3.63) is 11.6 Å². The first-order valence-corrected chi connectivity index (χ1v) is 8.49.